The summed E-state index contributed by atoms with van der Waals surface area (Å²) in [5, 5.41) is 14.7. The zero-order valence-electron chi connectivity index (χ0n) is 12.2. The highest BCUT2D eigenvalue weighted by molar-refractivity contribution is 7.80. The number of aliphatic hydroxyl groups excluding tert-OH is 1. The van der Waals surface area contributed by atoms with Crippen molar-refractivity contribution >= 4 is 40.7 Å². The molecular formula is C15H19N3O2S2. The number of carbonyl (C=O) groups is 1. The van der Waals surface area contributed by atoms with Gasteiger partial charge in [-0.1, -0.05) is 6.07 Å². The fraction of sp³-hybridized carbons (Fsp3) is 0.467. The van der Waals surface area contributed by atoms with Gasteiger partial charge in [0.1, 0.15) is 5.70 Å². The third-order valence-electron chi connectivity index (χ3n) is 3.99. The number of hydrogen-bond donors (Lipinski definition) is 2. The zero-order chi connectivity index (χ0) is 15.5. The number of nitrogens with zero attached hydrogens (tertiary/aromatic N) is 2. The minimum Gasteiger partial charge on any atom is -0.396 e. The fourth-order valence-electron chi connectivity index (χ4n) is 2.84. The largest absolute Gasteiger partial charge is 0.396 e. The van der Waals surface area contributed by atoms with Crippen LogP contribution in [0.4, 0.5) is 0 Å². The van der Waals surface area contributed by atoms with Gasteiger partial charge in [-0.25, -0.2) is 0 Å². The number of likely N-dealkylation sites (tertiary alicyclic amines) is 1. The highest BCUT2D eigenvalue weighted by Gasteiger charge is 2.33. The lowest BCUT2D eigenvalue weighted by Gasteiger charge is -2.33. The van der Waals surface area contributed by atoms with Crippen molar-refractivity contribution in [1.82, 2.24) is 15.1 Å². The average molecular weight is 337 g/mol. The SMILES string of the molecule is O=C1/C(=C/c2cccs2)NC(=S)N1CN1CCCC(CO)C1. The topological polar surface area (TPSA) is 55.8 Å². The van der Waals surface area contributed by atoms with Gasteiger partial charge in [0.15, 0.2) is 5.11 Å². The van der Waals surface area contributed by atoms with Crippen LogP contribution in [0.2, 0.25) is 0 Å². The van der Waals surface area contributed by atoms with E-state index in [2.05, 4.69) is 10.2 Å². The first kappa shape index (κ1) is 15.6. The number of carbonyl (C=O) groups excluding carboxylic acids is 1. The Bertz CT molecular complexity index is 586. The molecule has 2 N–H and O–H groups in total. The molecule has 22 heavy (non-hydrogen) atoms. The number of thiocarbonyl (C=S) groups is 1. The third kappa shape index (κ3) is 3.38. The van der Waals surface area contributed by atoms with Crippen LogP contribution >= 0.6 is 23.6 Å². The van der Waals surface area contributed by atoms with Gasteiger partial charge < -0.3 is 10.4 Å². The first-order chi connectivity index (χ1) is 10.7. The summed E-state index contributed by atoms with van der Waals surface area (Å²) in [6, 6.07) is 3.92. The second kappa shape index (κ2) is 6.87. The number of piperidine rings is 1. The maximum Gasteiger partial charge on any atom is 0.277 e. The molecule has 2 aliphatic heterocycles. The summed E-state index contributed by atoms with van der Waals surface area (Å²) >= 11 is 6.88. The summed E-state index contributed by atoms with van der Waals surface area (Å²) in [4.78, 5) is 17.3. The Hall–Kier alpha value is -1.28. The Kier molecular flexibility index (Phi) is 4.87. The molecule has 118 valence electrons. The molecular weight excluding hydrogens is 318 g/mol. The van der Waals surface area contributed by atoms with E-state index in [9.17, 15) is 9.90 Å². The summed E-state index contributed by atoms with van der Waals surface area (Å²) < 4.78 is 0. The summed E-state index contributed by atoms with van der Waals surface area (Å²) in [5.41, 5.74) is 0.531. The molecule has 1 amide bonds. The summed E-state index contributed by atoms with van der Waals surface area (Å²) in [7, 11) is 0. The first-order valence-electron chi connectivity index (χ1n) is 7.38. The molecule has 1 atom stereocenters. The molecule has 2 aliphatic rings. The van der Waals surface area contributed by atoms with Crippen LogP contribution in [0.15, 0.2) is 23.2 Å². The van der Waals surface area contributed by atoms with Gasteiger partial charge >= 0.3 is 0 Å². The number of nitrogens with one attached hydrogen (secondary N) is 1. The maximum atomic E-state index is 12.5. The molecule has 0 spiro atoms. The van der Waals surface area contributed by atoms with E-state index >= 15 is 0 Å². The van der Waals surface area contributed by atoms with Gasteiger partial charge in [0.2, 0.25) is 0 Å². The molecule has 2 saturated heterocycles. The Morgan fingerprint density at radius 1 is 1.55 bits per heavy atom. The standard InChI is InChI=1S/C15H19N3O2S2/c19-9-11-3-1-5-17(8-11)10-18-14(20)13(16-15(18)21)7-12-4-2-6-22-12/h2,4,6-7,11,19H,1,3,5,8-10H2,(H,16,21)/b13-7-. The Labute approximate surface area is 139 Å². The number of hydrogen-bond acceptors (Lipinski definition) is 5. The average Bonchev–Trinajstić information content (AvgIpc) is 3.12. The van der Waals surface area contributed by atoms with Crippen LogP contribution in [0, 0.1) is 5.92 Å². The lowest BCUT2D eigenvalue weighted by Crippen LogP contribution is -2.46. The van der Waals surface area contributed by atoms with Gasteiger partial charge in [-0.2, -0.15) is 0 Å². The van der Waals surface area contributed by atoms with Gasteiger partial charge in [-0.05, 0) is 55.0 Å². The second-order valence-electron chi connectivity index (χ2n) is 5.65. The van der Waals surface area contributed by atoms with Gasteiger partial charge in [0.25, 0.3) is 5.91 Å². The van der Waals surface area contributed by atoms with Gasteiger partial charge in [0, 0.05) is 18.0 Å². The molecule has 3 heterocycles. The van der Waals surface area contributed by atoms with Crippen molar-refractivity contribution in [3.63, 3.8) is 0 Å². The quantitative estimate of drug-likeness (QED) is 0.644. The molecule has 2 fully saturated rings. The molecule has 0 aromatic carbocycles. The summed E-state index contributed by atoms with van der Waals surface area (Å²) in [6.45, 7) is 2.44. The summed E-state index contributed by atoms with van der Waals surface area (Å²) in [6.07, 6.45) is 3.94. The van der Waals surface area contributed by atoms with Crippen LogP contribution in [0.3, 0.4) is 0 Å². The van der Waals surface area contributed by atoms with E-state index in [-0.39, 0.29) is 12.5 Å². The van der Waals surface area contributed by atoms with Gasteiger partial charge in [-0.3, -0.25) is 14.6 Å². The first-order valence-corrected chi connectivity index (χ1v) is 8.67. The minimum atomic E-state index is -0.0791. The van der Waals surface area contributed by atoms with E-state index in [1.54, 1.807) is 16.2 Å². The van der Waals surface area contributed by atoms with Crippen LogP contribution in [0.5, 0.6) is 0 Å². The van der Waals surface area contributed by atoms with Crippen LogP contribution in [-0.2, 0) is 4.79 Å². The predicted octanol–water partition coefficient (Wildman–Crippen LogP) is 1.47. The molecule has 7 heteroatoms. The predicted molar refractivity (Wildman–Crippen MR) is 91.1 cm³/mol. The third-order valence-corrected chi connectivity index (χ3v) is 5.14. The maximum absolute atomic E-state index is 12.5. The van der Waals surface area contributed by atoms with Crippen molar-refractivity contribution in [2.24, 2.45) is 5.92 Å². The van der Waals surface area contributed by atoms with Crippen molar-refractivity contribution in [3.8, 4) is 0 Å². The Balaban J connectivity index is 1.67. The van der Waals surface area contributed by atoms with Crippen molar-refractivity contribution in [2.75, 3.05) is 26.4 Å². The van der Waals surface area contributed by atoms with Gasteiger partial charge in [-0.15, -0.1) is 11.3 Å². The van der Waals surface area contributed by atoms with Crippen molar-refractivity contribution in [3.05, 3.63) is 28.1 Å². The molecule has 1 aromatic heterocycles. The Morgan fingerprint density at radius 3 is 3.14 bits per heavy atom. The number of aliphatic hydroxyl groups is 1. The Morgan fingerprint density at radius 2 is 2.41 bits per heavy atom. The van der Waals surface area contributed by atoms with E-state index in [1.807, 2.05) is 23.6 Å². The van der Waals surface area contributed by atoms with E-state index in [1.165, 1.54) is 0 Å². The highest BCUT2D eigenvalue weighted by atomic mass is 32.1. The number of amides is 1. The smallest absolute Gasteiger partial charge is 0.277 e. The lowest BCUT2D eigenvalue weighted by molar-refractivity contribution is -0.124. The summed E-state index contributed by atoms with van der Waals surface area (Å²) in [5.74, 6) is 0.221. The second-order valence-corrected chi connectivity index (χ2v) is 7.01. The molecule has 1 unspecified atom stereocenters. The molecule has 1 aromatic rings. The highest BCUT2D eigenvalue weighted by Crippen LogP contribution is 2.20. The van der Waals surface area contributed by atoms with E-state index < -0.39 is 0 Å². The zero-order valence-corrected chi connectivity index (χ0v) is 13.8. The lowest BCUT2D eigenvalue weighted by atomic mass is 9.99. The van der Waals surface area contributed by atoms with Gasteiger partial charge in [0.05, 0.1) is 6.67 Å². The van der Waals surface area contributed by atoms with Crippen molar-refractivity contribution in [1.29, 1.82) is 0 Å². The molecule has 0 radical (unpaired) electrons. The van der Waals surface area contributed by atoms with Crippen molar-refractivity contribution in [2.45, 2.75) is 12.8 Å². The van der Waals surface area contributed by atoms with E-state index in [0.29, 0.717) is 23.4 Å². The molecule has 5 nitrogen and oxygen atoms in total. The molecule has 0 bridgehead atoms. The molecule has 0 saturated carbocycles. The van der Waals surface area contributed by atoms with E-state index in [0.717, 1.165) is 30.8 Å². The van der Waals surface area contributed by atoms with Crippen LogP contribution in [0.1, 0.15) is 17.7 Å². The number of thiophene rings is 1. The van der Waals surface area contributed by atoms with Crippen LogP contribution in [-0.4, -0.2) is 52.3 Å². The monoisotopic (exact) mass is 337 g/mol. The minimum absolute atomic E-state index is 0.0791. The fourth-order valence-corrected chi connectivity index (χ4v) is 3.75. The molecule has 0 aliphatic carbocycles. The number of rotatable bonds is 4. The molecule has 3 rings (SSSR count). The van der Waals surface area contributed by atoms with Crippen molar-refractivity contribution < 1.29 is 9.90 Å². The van der Waals surface area contributed by atoms with Crippen LogP contribution < -0.4 is 5.32 Å². The van der Waals surface area contributed by atoms with Crippen LogP contribution in [0.25, 0.3) is 6.08 Å². The normalized spacial score (nSPS) is 25.0. The van der Waals surface area contributed by atoms with E-state index in [4.69, 9.17) is 12.2 Å².